The number of likely N-dealkylation sites (tertiary alicyclic amines) is 1. The average molecular weight is 273 g/mol. The van der Waals surface area contributed by atoms with E-state index in [0.29, 0.717) is 38.2 Å². The molecule has 1 aliphatic heterocycles. The molecule has 1 saturated heterocycles. The van der Waals surface area contributed by atoms with Crippen molar-refractivity contribution in [3.63, 3.8) is 0 Å². The number of nitrogens with zero attached hydrogens (tertiary/aromatic N) is 1. The van der Waals surface area contributed by atoms with Gasteiger partial charge in [0.15, 0.2) is 0 Å². The summed E-state index contributed by atoms with van der Waals surface area (Å²) in [6, 6.07) is 0. The zero-order valence-electron chi connectivity index (χ0n) is 8.03. The van der Waals surface area contributed by atoms with E-state index in [4.69, 9.17) is 0 Å². The van der Waals surface area contributed by atoms with Crippen molar-refractivity contribution in [2.75, 3.05) is 13.1 Å². The first kappa shape index (κ1) is 16.0. The van der Waals surface area contributed by atoms with Gasteiger partial charge in [-0.25, -0.2) is 0 Å². The minimum absolute atomic E-state index is 0. The van der Waals surface area contributed by atoms with Gasteiger partial charge in [0.2, 0.25) is 12.8 Å². The van der Waals surface area contributed by atoms with Crippen LogP contribution in [0.25, 0.3) is 0 Å². The van der Waals surface area contributed by atoms with Crippen LogP contribution in [0, 0.1) is 13.3 Å². The van der Waals surface area contributed by atoms with Gasteiger partial charge in [0, 0.05) is 32.7 Å². The van der Waals surface area contributed by atoms with Gasteiger partial charge in [0.05, 0.1) is 5.91 Å². The molecule has 1 rings (SSSR count). The van der Waals surface area contributed by atoms with Crippen molar-refractivity contribution in [2.45, 2.75) is 6.42 Å². The van der Waals surface area contributed by atoms with Gasteiger partial charge < -0.3 is 22.4 Å². The van der Waals surface area contributed by atoms with Gasteiger partial charge >= 0.3 is 0 Å². The molecule has 0 aromatic heterocycles. The van der Waals surface area contributed by atoms with Crippen LogP contribution in [0.15, 0.2) is 0 Å². The summed E-state index contributed by atoms with van der Waals surface area (Å²) in [6.07, 6.45) is 1.60. The first-order chi connectivity index (χ1) is 5.77. The third-order valence-electron chi connectivity index (χ3n) is 1.75. The van der Waals surface area contributed by atoms with Crippen molar-refractivity contribution in [2.24, 2.45) is 0 Å². The van der Waals surface area contributed by atoms with E-state index in [9.17, 15) is 14.4 Å². The Morgan fingerprint density at radius 2 is 2.07 bits per heavy atom. The Bertz CT molecular complexity index is 211. The van der Waals surface area contributed by atoms with Gasteiger partial charge in [-0.2, -0.15) is 0 Å². The number of amides is 3. The maximum absolute atomic E-state index is 11.0. The monoisotopic (exact) mass is 273 g/mol. The number of nitrogens with one attached hydrogen (secondary N) is 1. The Kier molecular flexibility index (Phi) is 9.09. The predicted molar refractivity (Wildman–Crippen MR) is 46.1 cm³/mol. The summed E-state index contributed by atoms with van der Waals surface area (Å²) in [5.41, 5.74) is 0. The molecule has 0 aliphatic carbocycles. The molecule has 1 heterocycles. The first-order valence-corrected chi connectivity index (χ1v) is 3.56. The molecule has 0 spiro atoms. The Hall–Kier alpha value is -0.416. The van der Waals surface area contributed by atoms with E-state index in [2.05, 4.69) is 0 Å². The van der Waals surface area contributed by atoms with Crippen LogP contribution < -0.4 is 5.32 Å². The van der Waals surface area contributed by atoms with Gasteiger partial charge in [0.1, 0.15) is 0 Å². The smallest absolute Gasteiger partial charge is 0.211 e. The molecule has 77 valence electrons. The average Bonchev–Trinajstić information content (AvgIpc) is 2.52. The molecule has 0 aromatic carbocycles. The van der Waals surface area contributed by atoms with Crippen LogP contribution in [0.5, 0.6) is 0 Å². The molecule has 1 N–H and O–H groups in total. The Morgan fingerprint density at radius 1 is 1.43 bits per heavy atom. The largest absolute Gasteiger partial charge is 0.374 e. The van der Waals surface area contributed by atoms with Crippen LogP contribution in [0.2, 0.25) is 0 Å². The number of carbonyl (C=O) groups is 3. The maximum Gasteiger partial charge on any atom is 0.211 e. The zero-order chi connectivity index (χ0) is 8.97. The van der Waals surface area contributed by atoms with Crippen molar-refractivity contribution in [3.05, 3.63) is 13.3 Å². The Morgan fingerprint density at radius 3 is 2.50 bits per heavy atom. The summed E-state index contributed by atoms with van der Waals surface area (Å²) in [4.78, 5) is 32.6. The van der Waals surface area contributed by atoms with Crippen LogP contribution in [-0.2, 0) is 47.1 Å². The number of hydrogen-bond donors (Lipinski definition) is 1. The van der Waals surface area contributed by atoms with Crippen LogP contribution >= 0.6 is 0 Å². The van der Waals surface area contributed by atoms with E-state index >= 15 is 0 Å². The third kappa shape index (κ3) is 4.20. The van der Waals surface area contributed by atoms with Crippen molar-refractivity contribution < 1.29 is 47.1 Å². The molecular formula is C8H12N2O3Y-2. The molecule has 0 atom stereocenters. The predicted octanol–water partition coefficient (Wildman–Crippen LogP) is -0.857. The van der Waals surface area contributed by atoms with Crippen molar-refractivity contribution in [1.29, 1.82) is 0 Å². The fourth-order valence-corrected chi connectivity index (χ4v) is 1.11. The molecule has 1 aliphatic rings. The molecule has 5 nitrogen and oxygen atoms in total. The number of carbonyl (C=O) groups excluding carboxylic acids is 3. The van der Waals surface area contributed by atoms with E-state index in [1.54, 1.807) is 0 Å². The standard InChI is InChI=1S/C7H9N2O3.CH3.Y/c10-4-8-7(12)6-1-2-9(3-6)5-11;;/h4-5H,1-3H2,(H,8,10,12);1H3;/q2*-1;. The van der Waals surface area contributed by atoms with Crippen LogP contribution in [-0.4, -0.2) is 36.7 Å². The van der Waals surface area contributed by atoms with Crippen LogP contribution in [0.1, 0.15) is 6.42 Å². The maximum atomic E-state index is 11.0. The van der Waals surface area contributed by atoms with Gasteiger partial charge in [-0.3, -0.25) is 15.5 Å². The second-order valence-electron chi connectivity index (χ2n) is 2.52. The molecular weight excluding hydrogens is 261 g/mol. The molecule has 0 bridgehead atoms. The summed E-state index contributed by atoms with van der Waals surface area (Å²) >= 11 is 0. The zero-order valence-corrected chi connectivity index (χ0v) is 10.9. The summed E-state index contributed by atoms with van der Waals surface area (Å²) in [6.45, 7) is 0.897. The molecule has 3 amide bonds. The third-order valence-corrected chi connectivity index (χ3v) is 1.75. The summed E-state index contributed by atoms with van der Waals surface area (Å²) in [5, 5.41) is 2.03. The van der Waals surface area contributed by atoms with Crippen LogP contribution in [0.4, 0.5) is 0 Å². The molecule has 0 saturated carbocycles. The van der Waals surface area contributed by atoms with Gasteiger partial charge in [-0.15, -0.1) is 6.42 Å². The number of imide groups is 1. The van der Waals surface area contributed by atoms with E-state index in [-0.39, 0.29) is 46.0 Å². The Labute approximate surface area is 108 Å². The number of hydrogen-bond acceptors (Lipinski definition) is 3. The van der Waals surface area contributed by atoms with E-state index < -0.39 is 0 Å². The van der Waals surface area contributed by atoms with E-state index in [1.165, 1.54) is 4.90 Å². The summed E-state index contributed by atoms with van der Waals surface area (Å²) in [7, 11) is 0. The normalized spacial score (nSPS) is 13.7. The number of rotatable bonds is 3. The van der Waals surface area contributed by atoms with Crippen molar-refractivity contribution in [3.8, 4) is 0 Å². The minimum Gasteiger partial charge on any atom is -0.374 e. The summed E-state index contributed by atoms with van der Waals surface area (Å²) < 4.78 is 0. The molecule has 1 fully saturated rings. The molecule has 0 unspecified atom stereocenters. The van der Waals surface area contributed by atoms with Crippen LogP contribution in [0.3, 0.4) is 0 Å². The molecule has 0 aromatic rings. The topological polar surface area (TPSA) is 66.5 Å². The fraction of sp³-hybridized carbons (Fsp3) is 0.375. The van der Waals surface area contributed by atoms with Gasteiger partial charge in [0.25, 0.3) is 0 Å². The van der Waals surface area contributed by atoms with E-state index in [1.807, 2.05) is 5.32 Å². The van der Waals surface area contributed by atoms with Gasteiger partial charge in [-0.05, 0) is 6.54 Å². The molecule has 6 heteroatoms. The Balaban J connectivity index is 0. The molecule has 1 radical (unpaired) electrons. The van der Waals surface area contributed by atoms with Crippen molar-refractivity contribution in [1.82, 2.24) is 10.2 Å². The fourth-order valence-electron chi connectivity index (χ4n) is 1.11. The summed E-state index contributed by atoms with van der Waals surface area (Å²) in [5.74, 6) is 0.198. The minimum atomic E-state index is -0.380. The second kappa shape index (κ2) is 7.94. The van der Waals surface area contributed by atoms with E-state index in [0.717, 1.165) is 0 Å². The quantitative estimate of drug-likeness (QED) is 0.537. The second-order valence-corrected chi connectivity index (χ2v) is 2.52. The SMILES string of the molecule is O=CNC(=O)[C-]1CCN(C=O)C1.[CH3-].[Y]. The molecule has 14 heavy (non-hydrogen) atoms. The van der Waals surface area contributed by atoms with Gasteiger partial charge in [-0.1, -0.05) is 6.54 Å². The first-order valence-electron chi connectivity index (χ1n) is 3.56. The van der Waals surface area contributed by atoms with Crippen molar-refractivity contribution >= 4 is 18.7 Å².